The van der Waals surface area contributed by atoms with E-state index < -0.39 is 0 Å². The number of nitrogens with one attached hydrogen (secondary N) is 1. The van der Waals surface area contributed by atoms with Crippen LogP contribution in [0.3, 0.4) is 0 Å². The van der Waals surface area contributed by atoms with Crippen molar-refractivity contribution >= 4 is 7.92 Å². The number of unbranched alkanes of at least 4 members (excludes halogenated alkanes) is 17. The van der Waals surface area contributed by atoms with E-state index in [4.69, 9.17) is 0 Å². The van der Waals surface area contributed by atoms with Crippen LogP contribution in [0.15, 0.2) is 12.4 Å². The van der Waals surface area contributed by atoms with Gasteiger partial charge in [-0.25, -0.2) is 4.98 Å². The highest BCUT2D eigenvalue weighted by Gasteiger charge is 2.05. The highest BCUT2D eigenvalue weighted by atomic mass is 31.1. The molecule has 1 N–H and O–H groups in total. The van der Waals surface area contributed by atoms with Crippen molar-refractivity contribution in [3.05, 3.63) is 18.2 Å². The molecule has 3 heteroatoms. The molecule has 0 aliphatic rings. The van der Waals surface area contributed by atoms with Crippen molar-refractivity contribution in [2.24, 2.45) is 0 Å². The molecule has 0 aliphatic carbocycles. The predicted molar refractivity (Wildman–Crippen MR) is 163 cm³/mol. The molecule has 35 heavy (non-hydrogen) atoms. The van der Waals surface area contributed by atoms with Gasteiger partial charge in [0, 0.05) is 18.8 Å². The molecule has 0 spiro atoms. The summed E-state index contributed by atoms with van der Waals surface area (Å²) in [5, 5.41) is 0. The fourth-order valence-corrected chi connectivity index (χ4v) is 7.54. The van der Waals surface area contributed by atoms with Crippen molar-refractivity contribution < 1.29 is 0 Å². The number of hydrogen-bond donors (Lipinski definition) is 1. The van der Waals surface area contributed by atoms with E-state index in [0.29, 0.717) is 7.92 Å². The highest BCUT2D eigenvalue weighted by Crippen LogP contribution is 2.38. The molecule has 0 atom stereocenters. The molecule has 1 rings (SSSR count). The summed E-state index contributed by atoms with van der Waals surface area (Å²) in [4.78, 5) is 7.44. The van der Waals surface area contributed by atoms with Crippen LogP contribution in [-0.4, -0.2) is 28.5 Å². The molecular weight excluding hydrogens is 443 g/mol. The lowest BCUT2D eigenvalue weighted by Crippen LogP contribution is -1.95. The summed E-state index contributed by atoms with van der Waals surface area (Å²) in [5.74, 6) is 1.15. The van der Waals surface area contributed by atoms with Gasteiger partial charge in [0.05, 0.1) is 0 Å². The average Bonchev–Trinajstić information content (AvgIpc) is 3.40. The second kappa shape index (κ2) is 29.9. The van der Waals surface area contributed by atoms with E-state index in [9.17, 15) is 0 Å². The molecule has 1 aromatic heterocycles. The van der Waals surface area contributed by atoms with E-state index >= 15 is 0 Å². The SMILES string of the molecule is CCCCCCCCCCCCCCCCCc1ncc[nH]1.CCCCP(CCCC)CCCC. The molecule has 0 radical (unpaired) electrons. The number of H-pyrrole nitrogens is 1. The van der Waals surface area contributed by atoms with E-state index in [-0.39, 0.29) is 0 Å². The van der Waals surface area contributed by atoms with Crippen molar-refractivity contribution in [3.8, 4) is 0 Å². The second-order valence-corrected chi connectivity index (χ2v) is 13.3. The smallest absolute Gasteiger partial charge is 0.105 e. The first-order valence-corrected chi connectivity index (χ1v) is 17.9. The molecular formula is C32H65N2P. The van der Waals surface area contributed by atoms with E-state index in [0.717, 1.165) is 12.2 Å². The maximum atomic E-state index is 4.26. The van der Waals surface area contributed by atoms with Crippen molar-refractivity contribution in [2.45, 2.75) is 169 Å². The lowest BCUT2D eigenvalue weighted by Gasteiger charge is -2.16. The van der Waals surface area contributed by atoms with Crippen LogP contribution in [0.5, 0.6) is 0 Å². The van der Waals surface area contributed by atoms with Gasteiger partial charge in [-0.2, -0.15) is 0 Å². The summed E-state index contributed by atoms with van der Waals surface area (Å²) in [5.41, 5.74) is 0. The fourth-order valence-electron chi connectivity index (χ4n) is 4.58. The van der Waals surface area contributed by atoms with Gasteiger partial charge in [0.25, 0.3) is 0 Å². The summed E-state index contributed by atoms with van der Waals surface area (Å²) >= 11 is 0. The maximum Gasteiger partial charge on any atom is 0.105 e. The lowest BCUT2D eigenvalue weighted by atomic mass is 10.0. The Morgan fingerprint density at radius 1 is 0.514 bits per heavy atom. The number of aromatic amines is 1. The molecule has 1 heterocycles. The first-order chi connectivity index (χ1) is 17.3. The zero-order chi connectivity index (χ0) is 25.7. The van der Waals surface area contributed by atoms with Crippen LogP contribution in [0.2, 0.25) is 0 Å². The van der Waals surface area contributed by atoms with Gasteiger partial charge >= 0.3 is 0 Å². The van der Waals surface area contributed by atoms with E-state index in [1.165, 1.54) is 135 Å². The largest absolute Gasteiger partial charge is 0.349 e. The van der Waals surface area contributed by atoms with Gasteiger partial charge < -0.3 is 4.98 Å². The van der Waals surface area contributed by atoms with E-state index in [1.807, 2.05) is 12.4 Å². The Morgan fingerprint density at radius 2 is 0.886 bits per heavy atom. The van der Waals surface area contributed by atoms with E-state index in [2.05, 4.69) is 37.7 Å². The van der Waals surface area contributed by atoms with E-state index in [1.54, 1.807) is 18.5 Å². The molecule has 0 unspecified atom stereocenters. The Labute approximate surface area is 223 Å². The minimum atomic E-state index is 0.422. The van der Waals surface area contributed by atoms with Gasteiger partial charge in [-0.05, 0) is 44.2 Å². The number of aromatic nitrogens is 2. The normalized spacial score (nSPS) is 11.1. The summed E-state index contributed by atoms with van der Waals surface area (Å²) < 4.78 is 0. The number of rotatable bonds is 25. The zero-order valence-electron chi connectivity index (χ0n) is 24.7. The molecule has 0 amide bonds. The minimum Gasteiger partial charge on any atom is -0.349 e. The molecule has 0 fully saturated rings. The molecule has 0 saturated heterocycles. The van der Waals surface area contributed by atoms with Gasteiger partial charge in [-0.3, -0.25) is 0 Å². The van der Waals surface area contributed by atoms with Crippen LogP contribution in [-0.2, 0) is 6.42 Å². The van der Waals surface area contributed by atoms with Crippen LogP contribution in [0.1, 0.15) is 168 Å². The van der Waals surface area contributed by atoms with Gasteiger partial charge in [-0.15, -0.1) is 7.92 Å². The third-order valence-corrected chi connectivity index (χ3v) is 9.90. The Morgan fingerprint density at radius 3 is 1.23 bits per heavy atom. The third-order valence-electron chi connectivity index (χ3n) is 7.06. The van der Waals surface area contributed by atoms with Gasteiger partial charge in [0.15, 0.2) is 0 Å². The third kappa shape index (κ3) is 26.5. The van der Waals surface area contributed by atoms with Gasteiger partial charge in [0.2, 0.25) is 0 Å². The highest BCUT2D eigenvalue weighted by molar-refractivity contribution is 7.57. The topological polar surface area (TPSA) is 28.7 Å². The predicted octanol–water partition coefficient (Wildman–Crippen LogP) is 11.7. The average molecular weight is 509 g/mol. The maximum absolute atomic E-state index is 4.26. The van der Waals surface area contributed by atoms with Crippen LogP contribution in [0.25, 0.3) is 0 Å². The van der Waals surface area contributed by atoms with Gasteiger partial charge in [-0.1, -0.05) is 137 Å². The van der Waals surface area contributed by atoms with Crippen molar-refractivity contribution in [1.29, 1.82) is 0 Å². The number of nitrogens with zero attached hydrogens (tertiary/aromatic N) is 1. The first-order valence-electron chi connectivity index (χ1n) is 16.0. The number of hydrogen-bond acceptors (Lipinski definition) is 1. The van der Waals surface area contributed by atoms with Gasteiger partial charge in [0.1, 0.15) is 5.82 Å². The van der Waals surface area contributed by atoms with Crippen LogP contribution >= 0.6 is 7.92 Å². The first kappa shape index (κ1) is 34.6. The molecule has 2 nitrogen and oxygen atoms in total. The Balaban J connectivity index is 0.000000761. The van der Waals surface area contributed by atoms with Crippen LogP contribution in [0.4, 0.5) is 0 Å². The fraction of sp³-hybridized carbons (Fsp3) is 0.906. The van der Waals surface area contributed by atoms with Crippen LogP contribution < -0.4 is 0 Å². The minimum absolute atomic E-state index is 0.422. The van der Waals surface area contributed by atoms with Crippen molar-refractivity contribution in [2.75, 3.05) is 18.5 Å². The number of aryl methyl sites for hydroxylation is 1. The molecule has 0 aliphatic heterocycles. The molecule has 208 valence electrons. The Hall–Kier alpha value is -0.360. The summed E-state index contributed by atoms with van der Waals surface area (Å²) in [6.45, 7) is 9.23. The molecule has 0 saturated carbocycles. The number of imidazole rings is 1. The summed E-state index contributed by atoms with van der Waals surface area (Å²) in [6, 6.07) is 0. The van der Waals surface area contributed by atoms with Crippen molar-refractivity contribution in [1.82, 2.24) is 9.97 Å². The molecule has 0 aromatic carbocycles. The summed E-state index contributed by atoms with van der Waals surface area (Å²) in [7, 11) is 0.422. The molecule has 1 aromatic rings. The summed E-state index contributed by atoms with van der Waals surface area (Å²) in [6.07, 6.45) is 39.5. The standard InChI is InChI=1S/C20H38N2.C12H27P/c1-2-3-4-5-6-7-8-9-10-11-12-13-14-15-16-17-20-21-18-19-22-20;1-4-7-10-13(11-8-5-2)12-9-6-3/h18-19H,2-17H2,1H3,(H,21,22);4-12H2,1-3H3. The van der Waals surface area contributed by atoms with Crippen LogP contribution in [0, 0.1) is 0 Å². The monoisotopic (exact) mass is 508 g/mol. The second-order valence-electron chi connectivity index (χ2n) is 10.6. The Bertz CT molecular complexity index is 455. The lowest BCUT2D eigenvalue weighted by molar-refractivity contribution is 0.531. The Kier molecular flexibility index (Phi) is 29.6. The zero-order valence-corrected chi connectivity index (χ0v) is 25.6. The quantitative estimate of drug-likeness (QED) is 0.103. The molecule has 0 bridgehead atoms. The van der Waals surface area contributed by atoms with Crippen molar-refractivity contribution in [3.63, 3.8) is 0 Å².